The highest BCUT2D eigenvalue weighted by Crippen LogP contribution is 2.40. The third kappa shape index (κ3) is 1.39. The Kier molecular flexibility index (Phi) is 2.20. The van der Waals surface area contributed by atoms with Crippen LogP contribution in [-0.4, -0.2) is 11.0 Å². The minimum atomic E-state index is -0.407. The standard InChI is InChI=1S/C11H14ClNO/c1-11(2)10(12)9(13)7-5-3-4-6-8(7)14-11/h3-6,9-10H,13H2,1-2H3. The second-order valence-corrected chi connectivity index (χ2v) is 4.64. The number of hydrogen-bond donors (Lipinski definition) is 1. The van der Waals surface area contributed by atoms with Crippen LogP contribution in [-0.2, 0) is 0 Å². The largest absolute Gasteiger partial charge is 0.486 e. The predicted octanol–water partition coefficient (Wildman–Crippen LogP) is 2.46. The maximum Gasteiger partial charge on any atom is 0.125 e. The van der Waals surface area contributed by atoms with Crippen LogP contribution < -0.4 is 10.5 Å². The molecule has 0 bridgehead atoms. The van der Waals surface area contributed by atoms with Gasteiger partial charge in [-0.3, -0.25) is 0 Å². The summed E-state index contributed by atoms with van der Waals surface area (Å²) in [5.41, 5.74) is 6.64. The van der Waals surface area contributed by atoms with Crippen molar-refractivity contribution in [2.24, 2.45) is 5.73 Å². The third-order valence-electron chi connectivity index (χ3n) is 2.63. The summed E-state index contributed by atoms with van der Waals surface area (Å²) in [5.74, 6) is 0.849. The summed E-state index contributed by atoms with van der Waals surface area (Å²) in [5, 5.41) is -0.197. The van der Waals surface area contributed by atoms with Crippen LogP contribution >= 0.6 is 11.6 Å². The molecule has 2 nitrogen and oxygen atoms in total. The quantitative estimate of drug-likeness (QED) is 0.670. The van der Waals surface area contributed by atoms with E-state index in [9.17, 15) is 0 Å². The minimum Gasteiger partial charge on any atom is -0.486 e. The smallest absolute Gasteiger partial charge is 0.125 e. The molecular formula is C11H14ClNO. The van der Waals surface area contributed by atoms with E-state index in [2.05, 4.69) is 0 Å². The van der Waals surface area contributed by atoms with Crippen LogP contribution in [0.5, 0.6) is 5.75 Å². The number of halogens is 1. The molecule has 0 amide bonds. The lowest BCUT2D eigenvalue weighted by Gasteiger charge is -2.40. The van der Waals surface area contributed by atoms with Crippen molar-refractivity contribution in [3.8, 4) is 5.75 Å². The molecule has 2 unspecified atom stereocenters. The van der Waals surface area contributed by atoms with Gasteiger partial charge in [0, 0.05) is 5.56 Å². The van der Waals surface area contributed by atoms with Crippen molar-refractivity contribution in [3.63, 3.8) is 0 Å². The molecule has 76 valence electrons. The number of nitrogens with two attached hydrogens (primary N) is 1. The van der Waals surface area contributed by atoms with Crippen LogP contribution in [0.15, 0.2) is 24.3 Å². The molecule has 1 heterocycles. The predicted molar refractivity (Wildman–Crippen MR) is 57.7 cm³/mol. The Morgan fingerprint density at radius 3 is 2.71 bits per heavy atom. The van der Waals surface area contributed by atoms with E-state index in [1.54, 1.807) is 0 Å². The van der Waals surface area contributed by atoms with Crippen molar-refractivity contribution in [3.05, 3.63) is 29.8 Å². The van der Waals surface area contributed by atoms with Gasteiger partial charge in [-0.15, -0.1) is 11.6 Å². The van der Waals surface area contributed by atoms with Gasteiger partial charge in [-0.1, -0.05) is 18.2 Å². The van der Waals surface area contributed by atoms with Gasteiger partial charge in [0.2, 0.25) is 0 Å². The van der Waals surface area contributed by atoms with Crippen molar-refractivity contribution >= 4 is 11.6 Å². The van der Waals surface area contributed by atoms with Gasteiger partial charge in [0.05, 0.1) is 11.4 Å². The highest BCUT2D eigenvalue weighted by Gasteiger charge is 2.40. The number of ether oxygens (including phenoxy) is 1. The first-order valence-electron chi connectivity index (χ1n) is 4.70. The summed E-state index contributed by atoms with van der Waals surface area (Å²) < 4.78 is 5.79. The molecule has 1 aliphatic rings. The Morgan fingerprint density at radius 2 is 2.00 bits per heavy atom. The van der Waals surface area contributed by atoms with E-state index >= 15 is 0 Å². The number of para-hydroxylation sites is 1. The van der Waals surface area contributed by atoms with E-state index < -0.39 is 5.60 Å². The van der Waals surface area contributed by atoms with Gasteiger partial charge in [-0.2, -0.15) is 0 Å². The van der Waals surface area contributed by atoms with E-state index in [0.717, 1.165) is 11.3 Å². The first kappa shape index (κ1) is 9.81. The monoisotopic (exact) mass is 211 g/mol. The number of rotatable bonds is 0. The molecule has 3 heteroatoms. The van der Waals surface area contributed by atoms with Crippen LogP contribution in [0, 0.1) is 0 Å². The number of benzene rings is 1. The first-order chi connectivity index (χ1) is 6.52. The molecule has 2 rings (SSSR count). The zero-order valence-electron chi connectivity index (χ0n) is 8.33. The molecule has 0 fully saturated rings. The lowest BCUT2D eigenvalue weighted by atomic mass is 9.90. The maximum absolute atomic E-state index is 6.24. The summed E-state index contributed by atoms with van der Waals surface area (Å²) in [4.78, 5) is 0. The number of fused-ring (bicyclic) bond motifs is 1. The number of hydrogen-bond acceptors (Lipinski definition) is 2. The van der Waals surface area contributed by atoms with Crippen molar-refractivity contribution in [1.82, 2.24) is 0 Å². The van der Waals surface area contributed by atoms with Gasteiger partial charge in [-0.05, 0) is 19.9 Å². The second-order valence-electron chi connectivity index (χ2n) is 4.17. The van der Waals surface area contributed by atoms with Crippen LogP contribution in [0.1, 0.15) is 25.5 Å². The fourth-order valence-corrected chi connectivity index (χ4v) is 1.96. The van der Waals surface area contributed by atoms with Gasteiger partial charge in [0.15, 0.2) is 0 Å². The van der Waals surface area contributed by atoms with E-state index in [1.165, 1.54) is 0 Å². The summed E-state index contributed by atoms with van der Waals surface area (Å²) in [6.07, 6.45) is 0. The van der Waals surface area contributed by atoms with E-state index in [1.807, 2.05) is 38.1 Å². The van der Waals surface area contributed by atoms with Gasteiger partial charge < -0.3 is 10.5 Å². The van der Waals surface area contributed by atoms with Crippen molar-refractivity contribution in [1.29, 1.82) is 0 Å². The van der Waals surface area contributed by atoms with E-state index in [0.29, 0.717) is 0 Å². The Bertz CT molecular complexity index is 351. The Morgan fingerprint density at radius 1 is 1.36 bits per heavy atom. The van der Waals surface area contributed by atoms with Crippen molar-refractivity contribution in [2.45, 2.75) is 30.9 Å². The molecule has 2 atom stereocenters. The highest BCUT2D eigenvalue weighted by atomic mass is 35.5. The van der Waals surface area contributed by atoms with E-state index in [-0.39, 0.29) is 11.4 Å². The third-order valence-corrected chi connectivity index (χ3v) is 3.43. The Hall–Kier alpha value is -0.730. The fourth-order valence-electron chi connectivity index (χ4n) is 1.78. The molecule has 0 aromatic heterocycles. The molecule has 2 N–H and O–H groups in total. The molecule has 1 aliphatic heterocycles. The lowest BCUT2D eigenvalue weighted by molar-refractivity contribution is 0.0776. The minimum absolute atomic E-state index is 0.156. The molecule has 0 saturated heterocycles. The molecule has 0 saturated carbocycles. The van der Waals surface area contributed by atoms with Crippen LogP contribution in [0.3, 0.4) is 0 Å². The topological polar surface area (TPSA) is 35.2 Å². The van der Waals surface area contributed by atoms with Crippen molar-refractivity contribution in [2.75, 3.05) is 0 Å². The fraction of sp³-hybridized carbons (Fsp3) is 0.455. The number of alkyl halides is 1. The van der Waals surface area contributed by atoms with Gasteiger partial charge in [-0.25, -0.2) is 0 Å². The van der Waals surface area contributed by atoms with E-state index in [4.69, 9.17) is 22.1 Å². The van der Waals surface area contributed by atoms with Crippen LogP contribution in [0.4, 0.5) is 0 Å². The summed E-state index contributed by atoms with van der Waals surface area (Å²) >= 11 is 6.24. The first-order valence-corrected chi connectivity index (χ1v) is 5.13. The molecule has 1 aromatic rings. The lowest BCUT2D eigenvalue weighted by Crippen LogP contribution is -2.48. The average Bonchev–Trinajstić information content (AvgIpc) is 2.14. The zero-order chi connectivity index (χ0) is 10.3. The summed E-state index contributed by atoms with van der Waals surface area (Å²) in [6, 6.07) is 7.63. The molecule has 0 aliphatic carbocycles. The Balaban J connectivity index is 2.48. The van der Waals surface area contributed by atoms with Gasteiger partial charge in [0.1, 0.15) is 11.4 Å². The van der Waals surface area contributed by atoms with Gasteiger partial charge >= 0.3 is 0 Å². The molecule has 1 aromatic carbocycles. The molecular weight excluding hydrogens is 198 g/mol. The SMILES string of the molecule is CC1(C)Oc2ccccc2C(N)C1Cl. The van der Waals surface area contributed by atoms with Crippen LogP contribution in [0.25, 0.3) is 0 Å². The van der Waals surface area contributed by atoms with Crippen molar-refractivity contribution < 1.29 is 4.74 Å². The van der Waals surface area contributed by atoms with Crippen LogP contribution in [0.2, 0.25) is 0 Å². The summed E-state index contributed by atoms with van der Waals surface area (Å²) in [7, 11) is 0. The highest BCUT2D eigenvalue weighted by molar-refractivity contribution is 6.22. The maximum atomic E-state index is 6.24. The Labute approximate surface area is 89.0 Å². The summed E-state index contributed by atoms with van der Waals surface area (Å²) in [6.45, 7) is 3.92. The zero-order valence-corrected chi connectivity index (χ0v) is 9.08. The molecule has 14 heavy (non-hydrogen) atoms. The van der Waals surface area contributed by atoms with Gasteiger partial charge in [0.25, 0.3) is 0 Å². The normalized spacial score (nSPS) is 29.1. The molecule has 0 spiro atoms. The molecule has 0 radical (unpaired) electrons. The second kappa shape index (κ2) is 3.14. The average molecular weight is 212 g/mol.